The second-order valence-electron chi connectivity index (χ2n) is 4.08. The highest BCUT2D eigenvalue weighted by Gasteiger charge is 2.12. The topological polar surface area (TPSA) is 58.4 Å². The van der Waals surface area contributed by atoms with Crippen LogP contribution < -0.4 is 0 Å². The first-order valence-corrected chi connectivity index (χ1v) is 5.49. The van der Waals surface area contributed by atoms with Crippen LogP contribution in [0.3, 0.4) is 0 Å². The lowest BCUT2D eigenvalue weighted by Gasteiger charge is -2.20. The average Bonchev–Trinajstić information content (AvgIpc) is 2.64. The van der Waals surface area contributed by atoms with Crippen LogP contribution in [0.5, 0.6) is 0 Å². The van der Waals surface area contributed by atoms with Crippen molar-refractivity contribution < 1.29 is 9.90 Å². The fourth-order valence-corrected chi connectivity index (χ4v) is 1.62. The molecule has 5 heteroatoms. The first-order chi connectivity index (χ1) is 7.54. The number of carboxylic acids is 1. The maximum atomic E-state index is 10.7. The third kappa shape index (κ3) is 3.34. The molecule has 0 aromatic carbocycles. The van der Waals surface area contributed by atoms with E-state index in [1.807, 2.05) is 11.8 Å². The van der Waals surface area contributed by atoms with E-state index in [9.17, 15) is 4.79 Å². The second-order valence-corrected chi connectivity index (χ2v) is 4.08. The highest BCUT2D eigenvalue weighted by Crippen LogP contribution is 2.11. The van der Waals surface area contributed by atoms with E-state index in [0.29, 0.717) is 12.6 Å². The van der Waals surface area contributed by atoms with E-state index < -0.39 is 5.97 Å². The smallest absolute Gasteiger partial charge is 0.317 e. The van der Waals surface area contributed by atoms with Gasteiger partial charge in [-0.1, -0.05) is 6.92 Å². The lowest BCUT2D eigenvalue weighted by Crippen LogP contribution is -2.30. The number of nitrogens with zero attached hydrogens (tertiary/aromatic N) is 3. The normalized spacial score (nSPS) is 11.3. The van der Waals surface area contributed by atoms with E-state index in [4.69, 9.17) is 5.11 Å². The molecule has 1 rings (SSSR count). The van der Waals surface area contributed by atoms with Gasteiger partial charge in [0, 0.05) is 18.8 Å². The number of hydrogen-bond acceptors (Lipinski definition) is 3. The fraction of sp³-hybridized carbons (Fsp3) is 0.636. The molecule has 1 aromatic rings. The second kappa shape index (κ2) is 5.65. The standard InChI is InChI=1S/C11H19N3O2/c1-4-13(7-11(15)16)6-10-5-12-8-14(10)9(2)3/h5,8-9H,4,6-7H2,1-3H3,(H,15,16). The number of aromatic nitrogens is 2. The third-order valence-electron chi connectivity index (χ3n) is 2.49. The molecule has 0 amide bonds. The monoisotopic (exact) mass is 225 g/mol. The predicted molar refractivity (Wildman–Crippen MR) is 61.2 cm³/mol. The Kier molecular flexibility index (Phi) is 4.49. The minimum atomic E-state index is -0.794. The molecule has 0 atom stereocenters. The first kappa shape index (κ1) is 12.7. The van der Waals surface area contributed by atoms with Gasteiger partial charge in [-0.05, 0) is 20.4 Å². The molecule has 0 fully saturated rings. The van der Waals surface area contributed by atoms with Crippen molar-refractivity contribution in [2.45, 2.75) is 33.4 Å². The molecule has 1 N–H and O–H groups in total. The van der Waals surface area contributed by atoms with Crippen molar-refractivity contribution in [3.8, 4) is 0 Å². The van der Waals surface area contributed by atoms with Crippen LogP contribution in [0.4, 0.5) is 0 Å². The Morgan fingerprint density at radius 2 is 2.31 bits per heavy atom. The molecule has 90 valence electrons. The van der Waals surface area contributed by atoms with E-state index in [0.717, 1.165) is 12.2 Å². The van der Waals surface area contributed by atoms with Gasteiger partial charge in [0.2, 0.25) is 0 Å². The van der Waals surface area contributed by atoms with Gasteiger partial charge >= 0.3 is 5.97 Å². The molecule has 1 heterocycles. The summed E-state index contributed by atoms with van der Waals surface area (Å²) >= 11 is 0. The highest BCUT2D eigenvalue weighted by molar-refractivity contribution is 5.69. The van der Waals surface area contributed by atoms with E-state index in [1.165, 1.54) is 0 Å². The van der Waals surface area contributed by atoms with Crippen molar-refractivity contribution in [3.05, 3.63) is 18.2 Å². The Bertz CT molecular complexity index is 347. The van der Waals surface area contributed by atoms with Gasteiger partial charge in [0.1, 0.15) is 0 Å². The van der Waals surface area contributed by atoms with Gasteiger partial charge in [0.05, 0.1) is 18.6 Å². The van der Waals surface area contributed by atoms with Gasteiger partial charge in [0.25, 0.3) is 0 Å². The number of likely N-dealkylation sites (N-methyl/N-ethyl adjacent to an activating group) is 1. The molecule has 0 unspecified atom stereocenters. The molecule has 0 radical (unpaired) electrons. The van der Waals surface area contributed by atoms with Crippen molar-refractivity contribution in [1.82, 2.24) is 14.5 Å². The van der Waals surface area contributed by atoms with Crippen LogP contribution in [0.1, 0.15) is 32.5 Å². The lowest BCUT2D eigenvalue weighted by molar-refractivity contribution is -0.138. The number of carboxylic acid groups (broad SMARTS) is 1. The van der Waals surface area contributed by atoms with Crippen LogP contribution in [0.25, 0.3) is 0 Å². The summed E-state index contributed by atoms with van der Waals surface area (Å²) in [6.07, 6.45) is 3.58. The summed E-state index contributed by atoms with van der Waals surface area (Å²) in [5.41, 5.74) is 1.05. The zero-order chi connectivity index (χ0) is 12.1. The SMILES string of the molecule is CCN(CC(=O)O)Cc1cncn1C(C)C. The van der Waals surface area contributed by atoms with Crippen LogP contribution >= 0.6 is 0 Å². The largest absolute Gasteiger partial charge is 0.480 e. The Morgan fingerprint density at radius 1 is 1.62 bits per heavy atom. The molecular weight excluding hydrogens is 206 g/mol. The van der Waals surface area contributed by atoms with Crippen molar-refractivity contribution in [1.29, 1.82) is 0 Å². The summed E-state index contributed by atoms with van der Waals surface area (Å²) in [5, 5.41) is 8.76. The van der Waals surface area contributed by atoms with Gasteiger partial charge in [0.15, 0.2) is 0 Å². The lowest BCUT2D eigenvalue weighted by atomic mass is 10.3. The van der Waals surface area contributed by atoms with E-state index >= 15 is 0 Å². The predicted octanol–water partition coefficient (Wildman–Crippen LogP) is 1.37. The molecule has 1 aromatic heterocycles. The summed E-state index contributed by atoms with van der Waals surface area (Å²) in [6.45, 7) is 7.53. The van der Waals surface area contributed by atoms with Crippen LogP contribution in [-0.4, -0.2) is 38.6 Å². The number of aliphatic carboxylic acids is 1. The fourth-order valence-electron chi connectivity index (χ4n) is 1.62. The minimum absolute atomic E-state index is 0.0692. The zero-order valence-electron chi connectivity index (χ0n) is 10.1. The van der Waals surface area contributed by atoms with Crippen molar-refractivity contribution in [2.24, 2.45) is 0 Å². The van der Waals surface area contributed by atoms with Crippen molar-refractivity contribution in [2.75, 3.05) is 13.1 Å². The Hall–Kier alpha value is -1.36. The van der Waals surface area contributed by atoms with E-state index in [1.54, 1.807) is 12.5 Å². The van der Waals surface area contributed by atoms with Crippen LogP contribution in [0.2, 0.25) is 0 Å². The van der Waals surface area contributed by atoms with Gasteiger partial charge < -0.3 is 9.67 Å². The number of carbonyl (C=O) groups is 1. The maximum absolute atomic E-state index is 10.7. The Balaban J connectivity index is 2.70. The van der Waals surface area contributed by atoms with Gasteiger partial charge in [-0.3, -0.25) is 9.69 Å². The van der Waals surface area contributed by atoms with Crippen molar-refractivity contribution >= 4 is 5.97 Å². The maximum Gasteiger partial charge on any atom is 0.317 e. The molecule has 5 nitrogen and oxygen atoms in total. The molecule has 0 bridgehead atoms. The number of imidazole rings is 1. The van der Waals surface area contributed by atoms with Crippen LogP contribution in [0.15, 0.2) is 12.5 Å². The van der Waals surface area contributed by atoms with Gasteiger partial charge in [-0.25, -0.2) is 4.98 Å². The zero-order valence-corrected chi connectivity index (χ0v) is 10.1. The summed E-state index contributed by atoms with van der Waals surface area (Å²) in [6, 6.07) is 0.348. The molecule has 16 heavy (non-hydrogen) atoms. The van der Waals surface area contributed by atoms with Gasteiger partial charge in [-0.15, -0.1) is 0 Å². The van der Waals surface area contributed by atoms with E-state index in [2.05, 4.69) is 23.4 Å². The molecule has 0 aliphatic heterocycles. The molecule has 0 saturated heterocycles. The van der Waals surface area contributed by atoms with E-state index in [-0.39, 0.29) is 6.54 Å². The Labute approximate surface area is 95.7 Å². The third-order valence-corrected chi connectivity index (χ3v) is 2.49. The summed E-state index contributed by atoms with van der Waals surface area (Å²) in [4.78, 5) is 16.6. The molecule has 0 aliphatic carbocycles. The Morgan fingerprint density at radius 3 is 2.81 bits per heavy atom. The average molecular weight is 225 g/mol. The molecular formula is C11H19N3O2. The minimum Gasteiger partial charge on any atom is -0.480 e. The summed E-state index contributed by atoms with van der Waals surface area (Å²) in [5.74, 6) is -0.794. The van der Waals surface area contributed by atoms with Crippen LogP contribution in [0, 0.1) is 0 Å². The molecule has 0 aliphatic rings. The van der Waals surface area contributed by atoms with Crippen LogP contribution in [-0.2, 0) is 11.3 Å². The summed E-state index contributed by atoms with van der Waals surface area (Å²) < 4.78 is 2.06. The number of hydrogen-bond donors (Lipinski definition) is 1. The molecule has 0 saturated carbocycles. The molecule has 0 spiro atoms. The number of rotatable bonds is 6. The van der Waals surface area contributed by atoms with Crippen molar-refractivity contribution in [3.63, 3.8) is 0 Å². The van der Waals surface area contributed by atoms with Gasteiger partial charge in [-0.2, -0.15) is 0 Å². The summed E-state index contributed by atoms with van der Waals surface area (Å²) in [7, 11) is 0. The first-order valence-electron chi connectivity index (χ1n) is 5.49. The highest BCUT2D eigenvalue weighted by atomic mass is 16.4. The quantitative estimate of drug-likeness (QED) is 0.794.